The fraction of sp³-hybridized carbons (Fsp3) is 0.375. The number of aromatic nitrogens is 4. The molecular formula is C8H10N4S. The van der Waals surface area contributed by atoms with Gasteiger partial charge in [-0.3, -0.25) is 4.57 Å². The predicted molar refractivity (Wildman–Crippen MR) is 51.1 cm³/mol. The molecule has 0 atom stereocenters. The molecule has 0 unspecified atom stereocenters. The Hall–Kier alpha value is -1.23. The van der Waals surface area contributed by atoms with Gasteiger partial charge in [0, 0.05) is 5.38 Å². The number of rotatable bonds is 2. The minimum Gasteiger partial charge on any atom is -0.263 e. The maximum absolute atomic E-state index is 4.45. The minimum atomic E-state index is 0.474. The van der Waals surface area contributed by atoms with Crippen LogP contribution in [-0.4, -0.2) is 19.7 Å². The minimum absolute atomic E-state index is 0.474. The Morgan fingerprint density at radius 3 is 2.54 bits per heavy atom. The molecule has 0 saturated heterocycles. The van der Waals surface area contributed by atoms with Gasteiger partial charge < -0.3 is 0 Å². The average Bonchev–Trinajstić information content (AvgIpc) is 2.75. The molecule has 0 aromatic carbocycles. The monoisotopic (exact) mass is 194 g/mol. The highest BCUT2D eigenvalue weighted by molar-refractivity contribution is 7.12. The topological polar surface area (TPSA) is 43.6 Å². The van der Waals surface area contributed by atoms with Gasteiger partial charge >= 0.3 is 0 Å². The van der Waals surface area contributed by atoms with Crippen molar-refractivity contribution >= 4 is 11.3 Å². The van der Waals surface area contributed by atoms with Crippen LogP contribution in [0.25, 0.3) is 5.13 Å². The molecule has 2 aromatic rings. The van der Waals surface area contributed by atoms with Crippen LogP contribution in [0.4, 0.5) is 0 Å². The van der Waals surface area contributed by atoms with Crippen LogP contribution < -0.4 is 0 Å². The van der Waals surface area contributed by atoms with Crippen molar-refractivity contribution in [2.75, 3.05) is 0 Å². The van der Waals surface area contributed by atoms with E-state index in [1.807, 2.05) is 4.57 Å². The molecule has 13 heavy (non-hydrogen) atoms. The third kappa shape index (κ3) is 1.60. The summed E-state index contributed by atoms with van der Waals surface area (Å²) in [6.45, 7) is 4.26. The largest absolute Gasteiger partial charge is 0.263 e. The molecule has 2 aromatic heterocycles. The van der Waals surface area contributed by atoms with Crippen LogP contribution in [0, 0.1) is 0 Å². The van der Waals surface area contributed by atoms with Gasteiger partial charge in [0.05, 0.1) is 5.69 Å². The van der Waals surface area contributed by atoms with Gasteiger partial charge in [-0.15, -0.1) is 21.5 Å². The Kier molecular flexibility index (Phi) is 2.10. The zero-order valence-electron chi connectivity index (χ0n) is 7.51. The van der Waals surface area contributed by atoms with Crippen LogP contribution in [0.1, 0.15) is 25.5 Å². The highest BCUT2D eigenvalue weighted by atomic mass is 32.1. The van der Waals surface area contributed by atoms with Gasteiger partial charge in [-0.1, -0.05) is 13.8 Å². The van der Waals surface area contributed by atoms with Crippen molar-refractivity contribution in [3.63, 3.8) is 0 Å². The molecule has 0 amide bonds. The quantitative estimate of drug-likeness (QED) is 0.732. The summed E-state index contributed by atoms with van der Waals surface area (Å²) in [5.41, 5.74) is 1.12. The van der Waals surface area contributed by atoms with E-state index in [4.69, 9.17) is 0 Å². The lowest BCUT2D eigenvalue weighted by atomic mass is 10.2. The fourth-order valence-corrected chi connectivity index (χ4v) is 1.88. The third-order valence-electron chi connectivity index (χ3n) is 1.74. The van der Waals surface area contributed by atoms with Crippen LogP contribution in [0.5, 0.6) is 0 Å². The molecule has 0 radical (unpaired) electrons. The average molecular weight is 194 g/mol. The number of thiazole rings is 1. The molecule has 0 N–H and O–H groups in total. The van der Waals surface area contributed by atoms with Gasteiger partial charge in [0.25, 0.3) is 0 Å². The van der Waals surface area contributed by atoms with E-state index in [1.54, 1.807) is 24.0 Å². The molecule has 2 rings (SSSR count). The van der Waals surface area contributed by atoms with Crippen LogP contribution in [0.3, 0.4) is 0 Å². The highest BCUT2D eigenvalue weighted by Gasteiger charge is 2.06. The second kappa shape index (κ2) is 3.26. The van der Waals surface area contributed by atoms with Crippen molar-refractivity contribution in [1.82, 2.24) is 19.7 Å². The maximum atomic E-state index is 4.45. The summed E-state index contributed by atoms with van der Waals surface area (Å²) in [6.07, 6.45) is 3.31. The van der Waals surface area contributed by atoms with E-state index in [-0.39, 0.29) is 0 Å². The second-order valence-electron chi connectivity index (χ2n) is 3.08. The number of nitrogens with zero attached hydrogens (tertiary/aromatic N) is 4. The Morgan fingerprint density at radius 2 is 2.00 bits per heavy atom. The molecule has 0 spiro atoms. The molecular weight excluding hydrogens is 184 g/mol. The van der Waals surface area contributed by atoms with Crippen molar-refractivity contribution in [3.8, 4) is 5.13 Å². The van der Waals surface area contributed by atoms with E-state index >= 15 is 0 Å². The molecule has 0 saturated carbocycles. The molecule has 0 bridgehead atoms. The van der Waals surface area contributed by atoms with E-state index in [0.717, 1.165) is 10.8 Å². The summed E-state index contributed by atoms with van der Waals surface area (Å²) in [5, 5.41) is 10.5. The summed E-state index contributed by atoms with van der Waals surface area (Å²) in [4.78, 5) is 4.45. The van der Waals surface area contributed by atoms with Crippen molar-refractivity contribution in [2.45, 2.75) is 19.8 Å². The molecule has 0 aliphatic heterocycles. The summed E-state index contributed by atoms with van der Waals surface area (Å²) in [7, 11) is 0. The molecule has 68 valence electrons. The predicted octanol–water partition coefficient (Wildman–Crippen LogP) is 1.85. The first kappa shape index (κ1) is 8.37. The van der Waals surface area contributed by atoms with Crippen LogP contribution in [0.15, 0.2) is 18.0 Å². The lowest BCUT2D eigenvalue weighted by Crippen LogP contribution is -1.91. The van der Waals surface area contributed by atoms with Crippen LogP contribution in [0.2, 0.25) is 0 Å². The highest BCUT2D eigenvalue weighted by Crippen LogP contribution is 2.19. The van der Waals surface area contributed by atoms with E-state index in [0.29, 0.717) is 5.92 Å². The zero-order valence-corrected chi connectivity index (χ0v) is 8.32. The smallest absolute Gasteiger partial charge is 0.196 e. The van der Waals surface area contributed by atoms with E-state index in [2.05, 4.69) is 34.4 Å². The third-order valence-corrected chi connectivity index (χ3v) is 2.61. The Balaban J connectivity index is 2.33. The molecule has 4 nitrogen and oxygen atoms in total. The summed E-state index contributed by atoms with van der Waals surface area (Å²) < 4.78 is 1.82. The fourth-order valence-electron chi connectivity index (χ4n) is 0.959. The Morgan fingerprint density at radius 1 is 1.31 bits per heavy atom. The number of hydrogen-bond donors (Lipinski definition) is 0. The zero-order chi connectivity index (χ0) is 9.26. The van der Waals surface area contributed by atoms with E-state index in [9.17, 15) is 0 Å². The van der Waals surface area contributed by atoms with Crippen LogP contribution in [-0.2, 0) is 0 Å². The molecule has 0 fully saturated rings. The van der Waals surface area contributed by atoms with Gasteiger partial charge in [-0.2, -0.15) is 0 Å². The van der Waals surface area contributed by atoms with Gasteiger partial charge in [-0.05, 0) is 5.92 Å². The summed E-state index contributed by atoms with van der Waals surface area (Å²) in [6, 6.07) is 0. The maximum Gasteiger partial charge on any atom is 0.196 e. The second-order valence-corrected chi connectivity index (χ2v) is 3.92. The first-order chi connectivity index (χ1) is 6.27. The van der Waals surface area contributed by atoms with Gasteiger partial charge in [0.15, 0.2) is 5.13 Å². The Labute approximate surface area is 80.3 Å². The molecule has 5 heteroatoms. The SMILES string of the molecule is CC(C)c1csc(-n2cnnc2)n1. The lowest BCUT2D eigenvalue weighted by molar-refractivity contribution is 0.824. The first-order valence-electron chi connectivity index (χ1n) is 4.08. The molecule has 2 heterocycles. The first-order valence-corrected chi connectivity index (χ1v) is 4.96. The van der Waals surface area contributed by atoms with Gasteiger partial charge in [0.1, 0.15) is 12.7 Å². The molecule has 0 aliphatic rings. The van der Waals surface area contributed by atoms with E-state index in [1.165, 1.54) is 0 Å². The van der Waals surface area contributed by atoms with Crippen molar-refractivity contribution in [1.29, 1.82) is 0 Å². The van der Waals surface area contributed by atoms with Crippen molar-refractivity contribution in [2.24, 2.45) is 0 Å². The lowest BCUT2D eigenvalue weighted by Gasteiger charge is -1.96. The normalized spacial score (nSPS) is 11.0. The van der Waals surface area contributed by atoms with Crippen molar-refractivity contribution < 1.29 is 0 Å². The van der Waals surface area contributed by atoms with Gasteiger partial charge in [0.2, 0.25) is 0 Å². The van der Waals surface area contributed by atoms with Gasteiger partial charge in [-0.25, -0.2) is 4.98 Å². The summed E-state index contributed by atoms with van der Waals surface area (Å²) in [5.74, 6) is 0.474. The Bertz CT molecular complexity index is 377. The standard InChI is InChI=1S/C8H10N4S/c1-6(2)7-3-13-8(11-7)12-4-9-10-5-12/h3-6H,1-2H3. The summed E-state index contributed by atoms with van der Waals surface area (Å²) >= 11 is 1.61. The number of hydrogen-bond acceptors (Lipinski definition) is 4. The van der Waals surface area contributed by atoms with Crippen molar-refractivity contribution in [3.05, 3.63) is 23.7 Å². The molecule has 0 aliphatic carbocycles. The van der Waals surface area contributed by atoms with Crippen LogP contribution >= 0.6 is 11.3 Å². The van der Waals surface area contributed by atoms with E-state index < -0.39 is 0 Å².